The minimum atomic E-state index is 0. The lowest BCUT2D eigenvalue weighted by Crippen LogP contribution is -2.47. The molecule has 0 saturated carbocycles. The number of aryl methyl sites for hydroxylation is 1. The average molecular weight is 486 g/mol. The summed E-state index contributed by atoms with van der Waals surface area (Å²) in [6.45, 7) is 2.23. The third-order valence-electron chi connectivity index (χ3n) is 4.29. The van der Waals surface area contributed by atoms with Crippen molar-refractivity contribution in [1.29, 1.82) is 0 Å². The molecule has 1 atom stereocenters. The first-order valence-electron chi connectivity index (χ1n) is 8.89. The van der Waals surface area contributed by atoms with Gasteiger partial charge >= 0.3 is 0 Å². The monoisotopic (exact) mass is 486 g/mol. The molecule has 9 heteroatoms. The predicted octanol–water partition coefficient (Wildman–Crippen LogP) is 1.85. The highest BCUT2D eigenvalue weighted by molar-refractivity contribution is 14.0. The predicted molar refractivity (Wildman–Crippen MR) is 115 cm³/mol. The molecule has 0 radical (unpaired) electrons. The van der Waals surface area contributed by atoms with Crippen LogP contribution in [0.2, 0.25) is 0 Å². The number of fused-ring (bicyclic) bond motifs is 1. The van der Waals surface area contributed by atoms with E-state index in [-0.39, 0.29) is 24.0 Å². The molecule has 0 bridgehead atoms. The van der Waals surface area contributed by atoms with Gasteiger partial charge in [-0.05, 0) is 25.0 Å². The van der Waals surface area contributed by atoms with E-state index < -0.39 is 0 Å². The molecular formula is C18H27IN6O2. The van der Waals surface area contributed by atoms with E-state index in [1.807, 2.05) is 28.9 Å². The Hall–Kier alpha value is -2.04. The van der Waals surface area contributed by atoms with Crippen LogP contribution < -0.4 is 20.1 Å². The van der Waals surface area contributed by atoms with Crippen LogP contribution in [0.3, 0.4) is 0 Å². The van der Waals surface area contributed by atoms with Crippen molar-refractivity contribution in [2.45, 2.75) is 31.8 Å². The molecule has 0 aliphatic carbocycles. The van der Waals surface area contributed by atoms with Crippen molar-refractivity contribution in [3.05, 3.63) is 36.4 Å². The SMILES string of the molecule is CN=C(NCCCOc1cccc(OC)c1)NC1CCc2ncnn2C1.I. The van der Waals surface area contributed by atoms with E-state index >= 15 is 0 Å². The summed E-state index contributed by atoms with van der Waals surface area (Å²) in [7, 11) is 3.43. The molecular weight excluding hydrogens is 459 g/mol. The number of benzene rings is 1. The third kappa shape index (κ3) is 6.26. The second kappa shape index (κ2) is 11.0. The van der Waals surface area contributed by atoms with Crippen LogP contribution in [0.1, 0.15) is 18.7 Å². The molecule has 27 heavy (non-hydrogen) atoms. The molecule has 2 aromatic rings. The summed E-state index contributed by atoms with van der Waals surface area (Å²) in [6, 6.07) is 7.94. The Morgan fingerprint density at radius 2 is 2.22 bits per heavy atom. The number of guanidine groups is 1. The van der Waals surface area contributed by atoms with Crippen LogP contribution >= 0.6 is 24.0 Å². The van der Waals surface area contributed by atoms with E-state index in [1.165, 1.54) is 0 Å². The normalized spacial score (nSPS) is 16.1. The minimum absolute atomic E-state index is 0. The second-order valence-corrected chi connectivity index (χ2v) is 6.12. The van der Waals surface area contributed by atoms with E-state index in [1.54, 1.807) is 20.5 Å². The van der Waals surface area contributed by atoms with E-state index in [0.29, 0.717) is 12.6 Å². The molecule has 0 saturated heterocycles. The van der Waals surface area contributed by atoms with Gasteiger partial charge in [-0.1, -0.05) is 6.07 Å². The van der Waals surface area contributed by atoms with Crippen LogP contribution in [-0.2, 0) is 13.0 Å². The zero-order valence-electron chi connectivity index (χ0n) is 15.7. The fourth-order valence-corrected chi connectivity index (χ4v) is 2.90. The molecule has 1 aliphatic heterocycles. The van der Waals surface area contributed by atoms with E-state index in [4.69, 9.17) is 9.47 Å². The summed E-state index contributed by atoms with van der Waals surface area (Å²) >= 11 is 0. The Bertz CT molecular complexity index is 736. The highest BCUT2D eigenvalue weighted by Gasteiger charge is 2.20. The Morgan fingerprint density at radius 1 is 1.37 bits per heavy atom. The maximum atomic E-state index is 5.75. The van der Waals surface area contributed by atoms with Crippen molar-refractivity contribution in [2.24, 2.45) is 4.99 Å². The highest BCUT2D eigenvalue weighted by Crippen LogP contribution is 2.18. The van der Waals surface area contributed by atoms with E-state index in [0.717, 1.165) is 55.6 Å². The molecule has 1 aromatic heterocycles. The Labute approximate surface area is 176 Å². The minimum Gasteiger partial charge on any atom is -0.497 e. The number of aliphatic imine (C=N–C) groups is 1. The summed E-state index contributed by atoms with van der Waals surface area (Å²) < 4.78 is 12.9. The van der Waals surface area contributed by atoms with Gasteiger partial charge in [0.15, 0.2) is 5.96 Å². The fourth-order valence-electron chi connectivity index (χ4n) is 2.90. The van der Waals surface area contributed by atoms with Crippen LogP contribution in [-0.4, -0.2) is 54.1 Å². The van der Waals surface area contributed by atoms with Gasteiger partial charge in [-0.2, -0.15) is 5.10 Å². The highest BCUT2D eigenvalue weighted by atomic mass is 127. The van der Waals surface area contributed by atoms with Crippen LogP contribution in [0.4, 0.5) is 0 Å². The molecule has 1 unspecified atom stereocenters. The standard InChI is InChI=1S/C18H26N6O2.HI/c1-19-18(23-14-7-8-17-21-13-22-24(17)12-14)20-9-4-10-26-16-6-3-5-15(11-16)25-2;/h3,5-6,11,13-14H,4,7-10,12H2,1-2H3,(H2,19,20,23);1H. The summed E-state index contributed by atoms with van der Waals surface area (Å²) in [5.41, 5.74) is 0. The van der Waals surface area contributed by atoms with Crippen molar-refractivity contribution in [1.82, 2.24) is 25.4 Å². The van der Waals surface area contributed by atoms with Crippen molar-refractivity contribution in [2.75, 3.05) is 27.3 Å². The molecule has 0 spiro atoms. The van der Waals surface area contributed by atoms with Crippen molar-refractivity contribution in [3.8, 4) is 11.5 Å². The summed E-state index contributed by atoms with van der Waals surface area (Å²) in [6.07, 6.45) is 4.45. The van der Waals surface area contributed by atoms with Gasteiger partial charge in [0.1, 0.15) is 23.7 Å². The lowest BCUT2D eigenvalue weighted by atomic mass is 10.1. The molecule has 2 heterocycles. The molecule has 0 amide bonds. The lowest BCUT2D eigenvalue weighted by molar-refractivity contribution is 0.308. The molecule has 3 rings (SSSR count). The van der Waals surface area contributed by atoms with Crippen LogP contribution in [0, 0.1) is 0 Å². The topological polar surface area (TPSA) is 85.6 Å². The summed E-state index contributed by atoms with van der Waals surface area (Å²) in [5, 5.41) is 11.0. The lowest BCUT2D eigenvalue weighted by Gasteiger charge is -2.25. The molecule has 0 fully saturated rings. The molecule has 8 nitrogen and oxygen atoms in total. The zero-order chi connectivity index (χ0) is 18.2. The van der Waals surface area contributed by atoms with Crippen LogP contribution in [0.5, 0.6) is 11.5 Å². The van der Waals surface area contributed by atoms with Gasteiger partial charge in [0, 0.05) is 32.1 Å². The third-order valence-corrected chi connectivity index (χ3v) is 4.29. The number of aromatic nitrogens is 3. The number of methoxy groups -OCH3 is 1. The van der Waals surface area contributed by atoms with Gasteiger partial charge in [-0.3, -0.25) is 4.99 Å². The van der Waals surface area contributed by atoms with Gasteiger partial charge in [0.05, 0.1) is 20.3 Å². The van der Waals surface area contributed by atoms with Crippen molar-refractivity contribution < 1.29 is 9.47 Å². The maximum absolute atomic E-state index is 5.75. The van der Waals surface area contributed by atoms with E-state index in [2.05, 4.69) is 25.7 Å². The average Bonchev–Trinajstić information content (AvgIpc) is 3.14. The smallest absolute Gasteiger partial charge is 0.191 e. The number of rotatable bonds is 7. The first-order valence-corrected chi connectivity index (χ1v) is 8.89. The fraction of sp³-hybridized carbons (Fsp3) is 0.500. The Kier molecular flexibility index (Phi) is 8.62. The van der Waals surface area contributed by atoms with E-state index in [9.17, 15) is 0 Å². The van der Waals surface area contributed by atoms with Crippen molar-refractivity contribution in [3.63, 3.8) is 0 Å². The van der Waals surface area contributed by atoms with Crippen LogP contribution in [0.15, 0.2) is 35.6 Å². The zero-order valence-corrected chi connectivity index (χ0v) is 18.1. The molecule has 1 aromatic carbocycles. The summed E-state index contributed by atoms with van der Waals surface area (Å²) in [5.74, 6) is 3.48. The molecule has 148 valence electrons. The van der Waals surface area contributed by atoms with Gasteiger partial charge in [0.25, 0.3) is 0 Å². The second-order valence-electron chi connectivity index (χ2n) is 6.12. The van der Waals surface area contributed by atoms with Gasteiger partial charge in [-0.25, -0.2) is 9.67 Å². The number of nitrogens with one attached hydrogen (secondary N) is 2. The number of hydrogen-bond donors (Lipinski definition) is 2. The number of halogens is 1. The van der Waals surface area contributed by atoms with Gasteiger partial charge in [0.2, 0.25) is 0 Å². The van der Waals surface area contributed by atoms with Crippen LogP contribution in [0.25, 0.3) is 0 Å². The number of ether oxygens (including phenoxy) is 2. The van der Waals surface area contributed by atoms with Gasteiger partial charge in [-0.15, -0.1) is 24.0 Å². The Balaban J connectivity index is 0.00000261. The summed E-state index contributed by atoms with van der Waals surface area (Å²) in [4.78, 5) is 8.55. The molecule has 2 N–H and O–H groups in total. The quantitative estimate of drug-likeness (QED) is 0.269. The van der Waals surface area contributed by atoms with Crippen molar-refractivity contribution >= 4 is 29.9 Å². The molecule has 1 aliphatic rings. The first kappa shape index (κ1) is 21.3. The number of hydrogen-bond acceptors (Lipinski definition) is 5. The largest absolute Gasteiger partial charge is 0.497 e. The maximum Gasteiger partial charge on any atom is 0.191 e. The Morgan fingerprint density at radius 3 is 3.04 bits per heavy atom. The number of nitrogens with zero attached hydrogens (tertiary/aromatic N) is 4. The van der Waals surface area contributed by atoms with Gasteiger partial charge < -0.3 is 20.1 Å². The first-order chi connectivity index (χ1) is 12.8.